The first-order valence-electron chi connectivity index (χ1n) is 9.46. The third-order valence-electron chi connectivity index (χ3n) is 5.32. The van der Waals surface area contributed by atoms with Crippen molar-refractivity contribution in [3.63, 3.8) is 0 Å². The molecule has 0 aromatic heterocycles. The molecule has 10 heteroatoms. The van der Waals surface area contributed by atoms with Crippen LogP contribution >= 0.6 is 0 Å². The van der Waals surface area contributed by atoms with E-state index in [-0.39, 0.29) is 34.8 Å². The number of rotatable bonds is 6. The maximum absolute atomic E-state index is 13.5. The van der Waals surface area contributed by atoms with E-state index in [1.54, 1.807) is 35.2 Å². The first-order valence-corrected chi connectivity index (χ1v) is 9.46. The van der Waals surface area contributed by atoms with Crippen molar-refractivity contribution in [2.45, 2.75) is 11.8 Å². The zero-order valence-electron chi connectivity index (χ0n) is 17.8. The van der Waals surface area contributed by atoms with E-state index in [0.717, 1.165) is 21.3 Å². The molecule has 1 spiro atoms. The zero-order valence-corrected chi connectivity index (χ0v) is 17.8. The number of carbonyl (C=O) groups is 4. The Labute approximate surface area is 183 Å². The average Bonchev–Trinajstić information content (AvgIpc) is 3.07. The lowest BCUT2D eigenvalue weighted by molar-refractivity contribution is -0.147. The molecule has 32 heavy (non-hydrogen) atoms. The number of hydrogen-bond acceptors (Lipinski definition) is 10. The number of nitrogens with two attached hydrogens (primary N) is 1. The van der Waals surface area contributed by atoms with E-state index >= 15 is 0 Å². The molecule has 2 aliphatic rings. The van der Waals surface area contributed by atoms with Crippen molar-refractivity contribution in [1.82, 2.24) is 0 Å². The van der Waals surface area contributed by atoms with Gasteiger partial charge in [0.15, 0.2) is 5.41 Å². The van der Waals surface area contributed by atoms with Gasteiger partial charge in [0.25, 0.3) is 0 Å². The first-order chi connectivity index (χ1) is 15.3. The summed E-state index contributed by atoms with van der Waals surface area (Å²) in [7, 11) is 3.37. The van der Waals surface area contributed by atoms with Crippen LogP contribution < -0.4 is 10.6 Å². The van der Waals surface area contributed by atoms with Crippen LogP contribution in [-0.4, -0.2) is 51.8 Å². The third kappa shape index (κ3) is 3.11. The second kappa shape index (κ2) is 8.58. The number of nitrogens with zero attached hydrogens (tertiary/aromatic N) is 1. The Morgan fingerprint density at radius 1 is 1.09 bits per heavy atom. The van der Waals surface area contributed by atoms with Gasteiger partial charge in [-0.15, -0.1) is 6.58 Å². The molecular formula is C22H22N2O8. The molecule has 3 rings (SSSR count). The highest BCUT2D eigenvalue weighted by molar-refractivity contribution is 6.16. The molecule has 0 radical (unpaired) electrons. The van der Waals surface area contributed by atoms with Crippen molar-refractivity contribution >= 4 is 29.6 Å². The van der Waals surface area contributed by atoms with Crippen molar-refractivity contribution in [1.29, 1.82) is 0 Å². The third-order valence-corrected chi connectivity index (χ3v) is 5.32. The number of cyclic esters (lactones) is 1. The van der Waals surface area contributed by atoms with Crippen molar-refractivity contribution in [3.8, 4) is 0 Å². The van der Waals surface area contributed by atoms with E-state index in [2.05, 4.69) is 11.3 Å². The van der Waals surface area contributed by atoms with Gasteiger partial charge in [-0.2, -0.15) is 0 Å². The van der Waals surface area contributed by atoms with Crippen molar-refractivity contribution in [3.05, 3.63) is 65.2 Å². The van der Waals surface area contributed by atoms with E-state index in [1.165, 1.54) is 0 Å². The van der Waals surface area contributed by atoms with E-state index in [9.17, 15) is 19.2 Å². The van der Waals surface area contributed by atoms with Crippen molar-refractivity contribution in [2.24, 2.45) is 5.73 Å². The average molecular weight is 442 g/mol. The van der Waals surface area contributed by atoms with Crippen molar-refractivity contribution < 1.29 is 38.1 Å². The lowest BCUT2D eigenvalue weighted by Gasteiger charge is -2.40. The van der Waals surface area contributed by atoms with Gasteiger partial charge in [0.05, 0.1) is 21.3 Å². The summed E-state index contributed by atoms with van der Waals surface area (Å²) in [6, 6.07) is 6.56. The van der Waals surface area contributed by atoms with Crippen LogP contribution in [0.2, 0.25) is 0 Å². The van der Waals surface area contributed by atoms with Crippen LogP contribution in [0.3, 0.4) is 0 Å². The second-order valence-corrected chi connectivity index (χ2v) is 6.85. The number of anilines is 1. The van der Waals surface area contributed by atoms with Gasteiger partial charge in [0.2, 0.25) is 0 Å². The Balaban J connectivity index is 2.48. The molecule has 168 valence electrons. The lowest BCUT2D eigenvalue weighted by atomic mass is 9.66. The zero-order chi connectivity index (χ0) is 23.6. The van der Waals surface area contributed by atoms with Gasteiger partial charge in [-0.1, -0.05) is 24.3 Å². The molecule has 1 atom stereocenters. The number of ether oxygens (including phenoxy) is 4. The fraction of sp³-hybridized carbons (Fsp3) is 0.273. The van der Waals surface area contributed by atoms with Crippen molar-refractivity contribution in [2.75, 3.05) is 32.8 Å². The molecule has 1 aromatic carbocycles. The summed E-state index contributed by atoms with van der Waals surface area (Å²) in [6.45, 7) is 3.90. The normalized spacial score (nSPS) is 19.5. The van der Waals surface area contributed by atoms with Gasteiger partial charge in [-0.05, 0) is 6.07 Å². The van der Waals surface area contributed by atoms with Gasteiger partial charge >= 0.3 is 23.9 Å². The van der Waals surface area contributed by atoms with E-state index in [0.29, 0.717) is 5.69 Å². The van der Waals surface area contributed by atoms with Crippen LogP contribution in [0, 0.1) is 0 Å². The Hall–Kier alpha value is -4.08. The van der Waals surface area contributed by atoms with Crippen LogP contribution in [0.5, 0.6) is 0 Å². The molecule has 0 amide bonds. The molecule has 1 aromatic rings. The molecule has 0 bridgehead atoms. The Kier molecular flexibility index (Phi) is 6.06. The Bertz CT molecular complexity index is 1090. The molecule has 0 fully saturated rings. The number of benzene rings is 1. The number of hydrogen-bond donors (Lipinski definition) is 1. The molecule has 2 heterocycles. The standard InChI is InChI=1S/C22H22N2O8/c1-5-10-24-13-9-7-6-8-12(13)22(17(18(24)23)20(27)31-4)16(19(26)30-3)14(32-21(22)28)11-15(25)29-2/h5-9H,1,10-11,23H2,2-4H3. The SMILES string of the molecule is C=CCN1C(N)=C(C(=O)OC)C2(C(=O)OC(CC(=O)OC)=C2C(=O)OC)c2ccccc21. The smallest absolute Gasteiger partial charge is 0.339 e. The minimum Gasteiger partial charge on any atom is -0.469 e. The van der Waals surface area contributed by atoms with Gasteiger partial charge in [0, 0.05) is 17.8 Å². The monoisotopic (exact) mass is 442 g/mol. The number of para-hydroxylation sites is 1. The molecule has 0 saturated heterocycles. The van der Waals surface area contributed by atoms with E-state index in [4.69, 9.17) is 19.9 Å². The Morgan fingerprint density at radius 3 is 2.31 bits per heavy atom. The summed E-state index contributed by atoms with van der Waals surface area (Å²) in [6.07, 6.45) is 1.02. The van der Waals surface area contributed by atoms with Gasteiger partial charge in [-0.25, -0.2) is 14.4 Å². The molecule has 2 aliphatic heterocycles. The number of carbonyl (C=O) groups excluding carboxylic acids is 4. The molecular weight excluding hydrogens is 420 g/mol. The highest BCUT2D eigenvalue weighted by Crippen LogP contribution is 2.54. The quantitative estimate of drug-likeness (QED) is 0.383. The van der Waals surface area contributed by atoms with Crippen LogP contribution in [0.4, 0.5) is 5.69 Å². The van der Waals surface area contributed by atoms with Gasteiger partial charge < -0.3 is 29.6 Å². The fourth-order valence-corrected chi connectivity index (χ4v) is 4.02. The highest BCUT2D eigenvalue weighted by Gasteiger charge is 2.64. The summed E-state index contributed by atoms with van der Waals surface area (Å²) in [5.41, 5.74) is 4.27. The van der Waals surface area contributed by atoms with Gasteiger partial charge in [-0.3, -0.25) is 4.79 Å². The van der Waals surface area contributed by atoms with E-state index < -0.39 is 35.7 Å². The van der Waals surface area contributed by atoms with Crippen LogP contribution in [0.15, 0.2) is 59.6 Å². The molecule has 0 aliphatic carbocycles. The van der Waals surface area contributed by atoms with Crippen LogP contribution in [0.1, 0.15) is 12.0 Å². The van der Waals surface area contributed by atoms with Crippen LogP contribution in [-0.2, 0) is 43.5 Å². The largest absolute Gasteiger partial charge is 0.469 e. The number of methoxy groups -OCH3 is 3. The number of fused-ring (bicyclic) bond motifs is 2. The molecule has 0 saturated carbocycles. The predicted octanol–water partition coefficient (Wildman–Crippen LogP) is 0.821. The number of esters is 4. The summed E-state index contributed by atoms with van der Waals surface area (Å²) >= 11 is 0. The summed E-state index contributed by atoms with van der Waals surface area (Å²) in [5, 5.41) is 0. The highest BCUT2D eigenvalue weighted by atomic mass is 16.6. The van der Waals surface area contributed by atoms with Crippen LogP contribution in [0.25, 0.3) is 0 Å². The fourth-order valence-electron chi connectivity index (χ4n) is 4.02. The summed E-state index contributed by atoms with van der Waals surface area (Å²) in [5.74, 6) is -4.12. The minimum atomic E-state index is -2.11. The minimum absolute atomic E-state index is 0.131. The topological polar surface area (TPSA) is 134 Å². The predicted molar refractivity (Wildman–Crippen MR) is 111 cm³/mol. The molecule has 2 N–H and O–H groups in total. The lowest BCUT2D eigenvalue weighted by Crippen LogP contribution is -2.50. The molecule has 10 nitrogen and oxygen atoms in total. The maximum atomic E-state index is 13.5. The van der Waals surface area contributed by atoms with Gasteiger partial charge in [0.1, 0.15) is 29.1 Å². The molecule has 1 unspecified atom stereocenters. The second-order valence-electron chi connectivity index (χ2n) is 6.85. The Morgan fingerprint density at radius 2 is 1.72 bits per heavy atom. The maximum Gasteiger partial charge on any atom is 0.339 e. The summed E-state index contributed by atoms with van der Waals surface area (Å²) in [4.78, 5) is 53.0. The first kappa shape index (κ1) is 22.6. The summed E-state index contributed by atoms with van der Waals surface area (Å²) < 4.78 is 19.9. The van der Waals surface area contributed by atoms with E-state index in [1.807, 2.05) is 0 Å².